The number of nitrogens with one attached hydrogen (secondary N) is 1. The van der Waals surface area contributed by atoms with Crippen molar-refractivity contribution in [3.05, 3.63) is 11.9 Å². The first kappa shape index (κ1) is 17.4. The van der Waals surface area contributed by atoms with Crippen molar-refractivity contribution in [3.63, 3.8) is 0 Å². The van der Waals surface area contributed by atoms with E-state index in [0.717, 1.165) is 25.7 Å². The number of aromatic nitrogens is 2. The maximum Gasteiger partial charge on any atom is 0.244 e. The molecule has 0 radical (unpaired) electrons. The van der Waals surface area contributed by atoms with E-state index < -0.39 is 10.0 Å². The predicted octanol–water partition coefficient (Wildman–Crippen LogP) is 0.946. The monoisotopic (exact) mass is 322 g/mol. The maximum atomic E-state index is 12.4. The Morgan fingerprint density at radius 3 is 2.55 bits per heavy atom. The van der Waals surface area contributed by atoms with E-state index in [1.54, 1.807) is 18.7 Å². The summed E-state index contributed by atoms with van der Waals surface area (Å²) in [4.78, 5) is 0.242. The van der Waals surface area contributed by atoms with Crippen LogP contribution in [0, 0.1) is 12.8 Å². The van der Waals surface area contributed by atoms with Gasteiger partial charge >= 0.3 is 0 Å². The molecule has 3 N–H and O–H groups in total. The fourth-order valence-corrected chi connectivity index (χ4v) is 4.22. The smallest absolute Gasteiger partial charge is 0.244 e. The number of aryl methyl sites for hydroxylation is 1. The van der Waals surface area contributed by atoms with Crippen molar-refractivity contribution in [2.75, 3.05) is 6.54 Å². The summed E-state index contributed by atoms with van der Waals surface area (Å²) in [5.41, 5.74) is 6.37. The molecule has 1 atom stereocenters. The molecule has 6 nitrogen and oxygen atoms in total. The molecule has 8 heteroatoms. The molecule has 1 heterocycles. The van der Waals surface area contributed by atoms with Gasteiger partial charge in [0, 0.05) is 19.6 Å². The van der Waals surface area contributed by atoms with Crippen LogP contribution in [0.5, 0.6) is 0 Å². The summed E-state index contributed by atoms with van der Waals surface area (Å²) in [7, 11) is -1.80. The number of hydrogen-bond donors (Lipinski definition) is 2. The zero-order valence-electron chi connectivity index (χ0n) is 11.9. The number of hydrogen-bond acceptors (Lipinski definition) is 4. The van der Waals surface area contributed by atoms with Crippen molar-refractivity contribution in [2.24, 2.45) is 18.7 Å². The molecule has 1 aromatic rings. The lowest BCUT2D eigenvalue weighted by atomic mass is 9.99. The molecule has 20 heavy (non-hydrogen) atoms. The summed E-state index contributed by atoms with van der Waals surface area (Å²) in [5, 5.41) is 3.98. The molecule has 2 rings (SSSR count). The third-order valence-electron chi connectivity index (χ3n) is 4.01. The lowest BCUT2D eigenvalue weighted by Gasteiger charge is -2.22. The largest absolute Gasteiger partial charge is 0.329 e. The van der Waals surface area contributed by atoms with Gasteiger partial charge in [-0.05, 0) is 25.7 Å². The summed E-state index contributed by atoms with van der Waals surface area (Å²) in [6.07, 6.45) is 5.82. The molecule has 1 aliphatic carbocycles. The zero-order valence-corrected chi connectivity index (χ0v) is 13.5. The molecule has 0 saturated heterocycles. The van der Waals surface area contributed by atoms with E-state index in [1.165, 1.54) is 6.20 Å². The van der Waals surface area contributed by atoms with Gasteiger partial charge in [-0.2, -0.15) is 5.10 Å². The van der Waals surface area contributed by atoms with Crippen LogP contribution in [0.3, 0.4) is 0 Å². The van der Waals surface area contributed by atoms with E-state index in [9.17, 15) is 8.42 Å². The number of sulfonamides is 1. The molecule has 116 valence electrons. The minimum Gasteiger partial charge on any atom is -0.329 e. The normalized spacial score (nSPS) is 17.9. The highest BCUT2D eigenvalue weighted by molar-refractivity contribution is 7.89. The van der Waals surface area contributed by atoms with Crippen LogP contribution in [0.2, 0.25) is 0 Å². The van der Waals surface area contributed by atoms with Gasteiger partial charge in [-0.3, -0.25) is 4.68 Å². The van der Waals surface area contributed by atoms with E-state index in [4.69, 9.17) is 5.73 Å². The quantitative estimate of drug-likeness (QED) is 0.844. The van der Waals surface area contributed by atoms with E-state index in [-0.39, 0.29) is 23.3 Å². The summed E-state index contributed by atoms with van der Waals surface area (Å²) >= 11 is 0. The molecule has 0 spiro atoms. The lowest BCUT2D eigenvalue weighted by Crippen LogP contribution is -2.44. The molecule has 1 aliphatic rings. The highest BCUT2D eigenvalue weighted by Gasteiger charge is 2.29. The van der Waals surface area contributed by atoms with Crippen LogP contribution in [0.1, 0.15) is 31.4 Å². The standard InChI is InChI=1S/C12H22N4O2S.ClH/c1-9-12(8-14-16(9)2)19(17,18)15-11(7-13)10-5-3-4-6-10;/h8,10-11,15H,3-7,13H2,1-2H3;1H. The van der Waals surface area contributed by atoms with E-state index in [0.29, 0.717) is 18.2 Å². The van der Waals surface area contributed by atoms with Crippen LogP contribution in [-0.2, 0) is 17.1 Å². The minimum atomic E-state index is -3.53. The first-order valence-corrected chi connectivity index (χ1v) is 8.15. The SMILES string of the molecule is Cc1c(S(=O)(=O)NC(CN)C2CCCC2)cnn1C.Cl. The van der Waals surface area contributed by atoms with Gasteiger partial charge in [0.1, 0.15) is 4.90 Å². The van der Waals surface area contributed by atoms with Crippen LogP contribution in [-0.4, -0.2) is 30.8 Å². The van der Waals surface area contributed by atoms with Gasteiger partial charge < -0.3 is 5.73 Å². The molecule has 0 aromatic carbocycles. The zero-order chi connectivity index (χ0) is 14.0. The van der Waals surface area contributed by atoms with Crippen LogP contribution >= 0.6 is 12.4 Å². The second-order valence-corrected chi connectivity index (χ2v) is 6.91. The first-order valence-electron chi connectivity index (χ1n) is 6.66. The van der Waals surface area contributed by atoms with E-state index in [1.807, 2.05) is 0 Å². The highest BCUT2D eigenvalue weighted by Crippen LogP contribution is 2.28. The van der Waals surface area contributed by atoms with Gasteiger partial charge in [-0.1, -0.05) is 12.8 Å². The number of halogens is 1. The Bertz CT molecular complexity index is 538. The maximum absolute atomic E-state index is 12.4. The predicted molar refractivity (Wildman–Crippen MR) is 80.3 cm³/mol. The Morgan fingerprint density at radius 2 is 2.10 bits per heavy atom. The van der Waals surface area contributed by atoms with Crippen LogP contribution in [0.4, 0.5) is 0 Å². The Labute approximate surface area is 126 Å². The van der Waals surface area contributed by atoms with Crippen molar-refractivity contribution in [1.29, 1.82) is 0 Å². The van der Waals surface area contributed by atoms with Gasteiger partial charge in [-0.25, -0.2) is 13.1 Å². The van der Waals surface area contributed by atoms with Crippen LogP contribution < -0.4 is 10.5 Å². The summed E-state index contributed by atoms with van der Waals surface area (Å²) in [6, 6.07) is -0.174. The van der Waals surface area contributed by atoms with Gasteiger partial charge in [0.2, 0.25) is 10.0 Å². The topological polar surface area (TPSA) is 90.0 Å². The van der Waals surface area contributed by atoms with Crippen molar-refractivity contribution >= 4 is 22.4 Å². The van der Waals surface area contributed by atoms with Crippen molar-refractivity contribution in [3.8, 4) is 0 Å². The Hall–Kier alpha value is -0.630. The molecule has 1 saturated carbocycles. The molecule has 0 amide bonds. The molecule has 1 aromatic heterocycles. The van der Waals surface area contributed by atoms with Crippen molar-refractivity contribution in [1.82, 2.24) is 14.5 Å². The number of rotatable bonds is 5. The summed E-state index contributed by atoms with van der Waals surface area (Å²) < 4.78 is 29.1. The first-order chi connectivity index (χ1) is 8.95. The van der Waals surface area contributed by atoms with Crippen molar-refractivity contribution < 1.29 is 8.42 Å². The van der Waals surface area contributed by atoms with Crippen LogP contribution in [0.15, 0.2) is 11.1 Å². The third kappa shape index (κ3) is 3.52. The van der Waals surface area contributed by atoms with E-state index >= 15 is 0 Å². The fourth-order valence-electron chi connectivity index (χ4n) is 2.70. The molecule has 0 bridgehead atoms. The molecular formula is C12H23ClN4O2S. The third-order valence-corrected chi connectivity index (χ3v) is 5.60. The summed E-state index contributed by atoms with van der Waals surface area (Å²) in [6.45, 7) is 2.08. The second kappa shape index (κ2) is 6.89. The van der Waals surface area contributed by atoms with Crippen molar-refractivity contribution in [2.45, 2.75) is 43.5 Å². The Balaban J connectivity index is 0.00000200. The number of nitrogens with two attached hydrogens (primary N) is 1. The Kier molecular flexibility index (Phi) is 6.00. The van der Waals surface area contributed by atoms with Gasteiger partial charge in [0.15, 0.2) is 0 Å². The molecule has 1 unspecified atom stereocenters. The minimum absolute atomic E-state index is 0. The van der Waals surface area contributed by atoms with Gasteiger partial charge in [0.25, 0.3) is 0 Å². The van der Waals surface area contributed by atoms with Gasteiger partial charge in [-0.15, -0.1) is 12.4 Å². The average molecular weight is 323 g/mol. The lowest BCUT2D eigenvalue weighted by molar-refractivity contribution is 0.405. The summed E-state index contributed by atoms with van der Waals surface area (Å²) in [5.74, 6) is 0.358. The molecule has 1 fully saturated rings. The molecule has 0 aliphatic heterocycles. The highest BCUT2D eigenvalue weighted by atomic mass is 35.5. The van der Waals surface area contributed by atoms with Gasteiger partial charge in [0.05, 0.1) is 11.9 Å². The van der Waals surface area contributed by atoms with Crippen LogP contribution in [0.25, 0.3) is 0 Å². The Morgan fingerprint density at radius 1 is 1.50 bits per heavy atom. The number of nitrogens with zero attached hydrogens (tertiary/aromatic N) is 2. The second-order valence-electron chi connectivity index (χ2n) is 5.23. The average Bonchev–Trinajstić information content (AvgIpc) is 2.98. The van der Waals surface area contributed by atoms with E-state index in [2.05, 4.69) is 9.82 Å². The fraction of sp³-hybridized carbons (Fsp3) is 0.750. The molecular weight excluding hydrogens is 300 g/mol.